The normalized spacial score (nSPS) is 30.1. The highest BCUT2D eigenvalue weighted by atomic mass is 16.4. The van der Waals surface area contributed by atoms with Crippen LogP contribution in [-0.2, 0) is 4.79 Å². The number of carboxylic acids is 1. The molecule has 2 amide bonds. The minimum Gasteiger partial charge on any atom is -0.481 e. The summed E-state index contributed by atoms with van der Waals surface area (Å²) in [4.78, 5) is 27.3. The van der Waals surface area contributed by atoms with Crippen molar-refractivity contribution >= 4 is 12.0 Å². The molecule has 3 unspecified atom stereocenters. The van der Waals surface area contributed by atoms with Gasteiger partial charge in [-0.15, -0.1) is 0 Å². The maximum absolute atomic E-state index is 12.2. The summed E-state index contributed by atoms with van der Waals surface area (Å²) in [6, 6.07) is -0.0679. The second-order valence-corrected chi connectivity index (χ2v) is 6.65. The van der Waals surface area contributed by atoms with Crippen molar-refractivity contribution in [1.29, 1.82) is 0 Å². The molecule has 0 aromatic heterocycles. The lowest BCUT2D eigenvalue weighted by atomic mass is 9.86. The molecule has 3 atom stereocenters. The molecule has 0 spiro atoms. The lowest BCUT2D eigenvalue weighted by molar-refractivity contribution is -0.143. The maximum Gasteiger partial charge on any atom is 0.317 e. The van der Waals surface area contributed by atoms with Crippen molar-refractivity contribution in [1.82, 2.24) is 15.1 Å². The molecule has 0 aromatic carbocycles. The number of nitrogens with one attached hydrogen (secondary N) is 1. The standard InChI is InChI=1S/C15H27N3O3/c1-17-7-6-11(9-17)10-18(2)15(21)16-13-5-3-4-12(8-13)14(19)20/h11-13H,3-10H2,1-2H3,(H,16,21)(H,19,20). The average molecular weight is 297 g/mol. The number of rotatable bonds is 4. The van der Waals surface area contributed by atoms with Crippen LogP contribution in [0, 0.1) is 11.8 Å². The Bertz CT molecular complexity index is 388. The molecule has 6 heteroatoms. The summed E-state index contributed by atoms with van der Waals surface area (Å²) >= 11 is 0. The highest BCUT2D eigenvalue weighted by Gasteiger charge is 2.29. The molecule has 0 radical (unpaired) electrons. The fraction of sp³-hybridized carbons (Fsp3) is 0.867. The van der Waals surface area contributed by atoms with Crippen LogP contribution >= 0.6 is 0 Å². The number of aliphatic carboxylic acids is 1. The van der Waals surface area contributed by atoms with E-state index in [0.29, 0.717) is 12.3 Å². The second-order valence-electron chi connectivity index (χ2n) is 6.65. The molecule has 0 aromatic rings. The summed E-state index contributed by atoms with van der Waals surface area (Å²) in [6.07, 6.45) is 4.18. The van der Waals surface area contributed by atoms with Gasteiger partial charge in [0.25, 0.3) is 0 Å². The number of urea groups is 1. The second kappa shape index (κ2) is 7.11. The Morgan fingerprint density at radius 1 is 1.33 bits per heavy atom. The molecule has 1 heterocycles. The first-order valence-electron chi connectivity index (χ1n) is 7.88. The number of nitrogens with zero attached hydrogens (tertiary/aromatic N) is 2. The fourth-order valence-corrected chi connectivity index (χ4v) is 3.48. The predicted molar refractivity (Wildman–Crippen MR) is 80.1 cm³/mol. The first-order valence-corrected chi connectivity index (χ1v) is 7.88. The van der Waals surface area contributed by atoms with Gasteiger partial charge in [0, 0.05) is 26.2 Å². The number of carbonyl (C=O) groups excluding carboxylic acids is 1. The monoisotopic (exact) mass is 297 g/mol. The van der Waals surface area contributed by atoms with E-state index in [1.54, 1.807) is 4.90 Å². The van der Waals surface area contributed by atoms with E-state index in [0.717, 1.165) is 45.3 Å². The summed E-state index contributed by atoms with van der Waals surface area (Å²) in [5.74, 6) is -0.502. The molecule has 21 heavy (non-hydrogen) atoms. The summed E-state index contributed by atoms with van der Waals surface area (Å²) < 4.78 is 0. The third-order valence-electron chi connectivity index (χ3n) is 4.72. The predicted octanol–water partition coefficient (Wildman–Crippen LogP) is 1.22. The molecule has 1 saturated heterocycles. The lowest BCUT2D eigenvalue weighted by Gasteiger charge is -2.30. The first-order chi connectivity index (χ1) is 9.95. The Balaban J connectivity index is 1.76. The molecular formula is C15H27N3O3. The van der Waals surface area contributed by atoms with E-state index in [2.05, 4.69) is 17.3 Å². The highest BCUT2D eigenvalue weighted by Crippen LogP contribution is 2.24. The van der Waals surface area contributed by atoms with E-state index in [9.17, 15) is 9.59 Å². The van der Waals surface area contributed by atoms with Crippen LogP contribution in [0.5, 0.6) is 0 Å². The molecule has 120 valence electrons. The van der Waals surface area contributed by atoms with Crippen molar-refractivity contribution in [3.8, 4) is 0 Å². The number of hydrogen-bond donors (Lipinski definition) is 2. The van der Waals surface area contributed by atoms with Gasteiger partial charge in [-0.2, -0.15) is 0 Å². The van der Waals surface area contributed by atoms with Crippen molar-refractivity contribution < 1.29 is 14.7 Å². The van der Waals surface area contributed by atoms with Gasteiger partial charge in [0.05, 0.1) is 5.92 Å². The Morgan fingerprint density at radius 3 is 2.71 bits per heavy atom. The van der Waals surface area contributed by atoms with Crippen LogP contribution in [0.2, 0.25) is 0 Å². The molecule has 6 nitrogen and oxygen atoms in total. The van der Waals surface area contributed by atoms with Crippen LogP contribution in [0.3, 0.4) is 0 Å². The van der Waals surface area contributed by atoms with Gasteiger partial charge in [-0.25, -0.2) is 4.79 Å². The maximum atomic E-state index is 12.2. The molecule has 1 aliphatic heterocycles. The van der Waals surface area contributed by atoms with Crippen LogP contribution < -0.4 is 5.32 Å². The Labute approximate surface area is 126 Å². The van der Waals surface area contributed by atoms with Crippen molar-refractivity contribution in [3.05, 3.63) is 0 Å². The van der Waals surface area contributed by atoms with Crippen molar-refractivity contribution in [2.75, 3.05) is 33.7 Å². The van der Waals surface area contributed by atoms with Crippen LogP contribution in [-0.4, -0.2) is 66.7 Å². The highest BCUT2D eigenvalue weighted by molar-refractivity contribution is 5.74. The van der Waals surface area contributed by atoms with E-state index in [1.165, 1.54) is 0 Å². The smallest absolute Gasteiger partial charge is 0.317 e. The minimum atomic E-state index is -0.740. The molecule has 2 rings (SSSR count). The van der Waals surface area contributed by atoms with Crippen LogP contribution in [0.15, 0.2) is 0 Å². The van der Waals surface area contributed by atoms with Crippen LogP contribution in [0.25, 0.3) is 0 Å². The molecule has 0 bridgehead atoms. The first kappa shape index (κ1) is 16.1. The molecule has 1 saturated carbocycles. The van der Waals surface area contributed by atoms with Gasteiger partial charge >= 0.3 is 12.0 Å². The van der Waals surface area contributed by atoms with E-state index >= 15 is 0 Å². The van der Waals surface area contributed by atoms with Crippen LogP contribution in [0.1, 0.15) is 32.1 Å². The summed E-state index contributed by atoms with van der Waals surface area (Å²) in [6.45, 7) is 2.91. The molecule has 1 aliphatic carbocycles. The number of hydrogen-bond acceptors (Lipinski definition) is 3. The van der Waals surface area contributed by atoms with Crippen molar-refractivity contribution in [2.24, 2.45) is 11.8 Å². The topological polar surface area (TPSA) is 72.9 Å². The Hall–Kier alpha value is -1.30. The molecule has 2 N–H and O–H groups in total. The number of amides is 2. The van der Waals surface area contributed by atoms with Gasteiger partial charge in [0.15, 0.2) is 0 Å². The molecule has 2 fully saturated rings. The molecule has 2 aliphatic rings. The largest absolute Gasteiger partial charge is 0.481 e. The minimum absolute atomic E-state index is 0.000974. The zero-order chi connectivity index (χ0) is 15.4. The van der Waals surface area contributed by atoms with Crippen molar-refractivity contribution in [2.45, 2.75) is 38.1 Å². The summed E-state index contributed by atoms with van der Waals surface area (Å²) in [5.41, 5.74) is 0. The SMILES string of the molecule is CN1CCC(CN(C)C(=O)NC2CCCC(C(=O)O)C2)C1. The van der Waals surface area contributed by atoms with E-state index < -0.39 is 5.97 Å². The Kier molecular flexibility index (Phi) is 5.45. The van der Waals surface area contributed by atoms with Gasteiger partial charge in [0.2, 0.25) is 0 Å². The van der Waals surface area contributed by atoms with Gasteiger partial charge in [-0.3, -0.25) is 4.79 Å². The quantitative estimate of drug-likeness (QED) is 0.818. The average Bonchev–Trinajstić information content (AvgIpc) is 2.84. The number of carbonyl (C=O) groups is 2. The summed E-state index contributed by atoms with van der Waals surface area (Å²) in [7, 11) is 3.93. The van der Waals surface area contributed by atoms with Gasteiger partial charge < -0.3 is 20.2 Å². The number of carboxylic acid groups (broad SMARTS) is 1. The van der Waals surface area contributed by atoms with E-state index in [4.69, 9.17) is 5.11 Å². The zero-order valence-corrected chi connectivity index (χ0v) is 13.0. The van der Waals surface area contributed by atoms with E-state index in [-0.39, 0.29) is 18.0 Å². The number of likely N-dealkylation sites (tertiary alicyclic amines) is 1. The lowest BCUT2D eigenvalue weighted by Crippen LogP contribution is -2.47. The molecular weight excluding hydrogens is 270 g/mol. The van der Waals surface area contributed by atoms with Gasteiger partial charge in [-0.05, 0) is 45.2 Å². The summed E-state index contributed by atoms with van der Waals surface area (Å²) in [5, 5.41) is 12.1. The van der Waals surface area contributed by atoms with Gasteiger partial charge in [0.1, 0.15) is 0 Å². The van der Waals surface area contributed by atoms with Crippen molar-refractivity contribution in [3.63, 3.8) is 0 Å². The third kappa shape index (κ3) is 4.59. The third-order valence-corrected chi connectivity index (χ3v) is 4.72. The van der Waals surface area contributed by atoms with E-state index in [1.807, 2.05) is 7.05 Å². The van der Waals surface area contributed by atoms with Gasteiger partial charge in [-0.1, -0.05) is 6.42 Å². The Morgan fingerprint density at radius 2 is 2.10 bits per heavy atom. The van der Waals surface area contributed by atoms with Crippen LogP contribution in [0.4, 0.5) is 4.79 Å². The zero-order valence-electron chi connectivity index (χ0n) is 13.0. The fourth-order valence-electron chi connectivity index (χ4n) is 3.48.